The van der Waals surface area contributed by atoms with Gasteiger partial charge in [0.25, 0.3) is 0 Å². The van der Waals surface area contributed by atoms with E-state index in [0.717, 1.165) is 25.1 Å². The van der Waals surface area contributed by atoms with Crippen molar-refractivity contribution in [3.63, 3.8) is 0 Å². The lowest BCUT2D eigenvalue weighted by Gasteiger charge is -2.37. The van der Waals surface area contributed by atoms with Gasteiger partial charge in [0.15, 0.2) is 5.78 Å². The molecule has 0 aromatic heterocycles. The van der Waals surface area contributed by atoms with Gasteiger partial charge in [-0.15, -0.1) is 0 Å². The SMILES string of the molecule is CCC(C)(C)C(=O)[C@@H](c1ccccc1)N1CCOCC1. The van der Waals surface area contributed by atoms with E-state index in [9.17, 15) is 4.79 Å². The predicted octanol–water partition coefficient (Wildman–Crippen LogP) is 3.07. The molecule has 0 radical (unpaired) electrons. The normalized spacial score (nSPS) is 18.8. The smallest absolute Gasteiger partial charge is 0.160 e. The summed E-state index contributed by atoms with van der Waals surface area (Å²) in [5, 5.41) is 0. The van der Waals surface area contributed by atoms with Gasteiger partial charge in [0.2, 0.25) is 0 Å². The number of hydrogen-bond donors (Lipinski definition) is 0. The van der Waals surface area contributed by atoms with E-state index in [2.05, 4.69) is 24.0 Å². The summed E-state index contributed by atoms with van der Waals surface area (Å²) in [6.07, 6.45) is 0.861. The summed E-state index contributed by atoms with van der Waals surface area (Å²) in [5.41, 5.74) is 0.805. The van der Waals surface area contributed by atoms with Gasteiger partial charge in [0.1, 0.15) is 0 Å². The van der Waals surface area contributed by atoms with Crippen molar-refractivity contribution in [1.82, 2.24) is 4.90 Å². The zero-order valence-electron chi connectivity index (χ0n) is 12.8. The Morgan fingerprint density at radius 1 is 1.25 bits per heavy atom. The summed E-state index contributed by atoms with van der Waals surface area (Å²) in [4.78, 5) is 15.3. The van der Waals surface area contributed by atoms with Crippen LogP contribution in [0.25, 0.3) is 0 Å². The van der Waals surface area contributed by atoms with Crippen molar-refractivity contribution < 1.29 is 9.53 Å². The van der Waals surface area contributed by atoms with Crippen LogP contribution in [0.5, 0.6) is 0 Å². The first-order chi connectivity index (χ1) is 9.56. The van der Waals surface area contributed by atoms with Gasteiger partial charge in [-0.3, -0.25) is 9.69 Å². The fourth-order valence-electron chi connectivity index (χ4n) is 2.54. The van der Waals surface area contributed by atoms with E-state index in [4.69, 9.17) is 4.74 Å². The van der Waals surface area contributed by atoms with Crippen LogP contribution in [0.3, 0.4) is 0 Å². The quantitative estimate of drug-likeness (QED) is 0.827. The molecular weight excluding hydrogens is 250 g/mol. The maximum Gasteiger partial charge on any atom is 0.160 e. The highest BCUT2D eigenvalue weighted by Crippen LogP contribution is 2.33. The maximum atomic E-state index is 13.0. The average Bonchev–Trinajstić information content (AvgIpc) is 2.49. The summed E-state index contributed by atoms with van der Waals surface area (Å²) in [6, 6.07) is 9.99. The zero-order chi connectivity index (χ0) is 14.6. The number of benzene rings is 1. The van der Waals surface area contributed by atoms with Crippen LogP contribution in [-0.2, 0) is 9.53 Å². The molecular formula is C17H25NO2. The van der Waals surface area contributed by atoms with Crippen molar-refractivity contribution in [1.29, 1.82) is 0 Å². The van der Waals surface area contributed by atoms with E-state index < -0.39 is 0 Å². The molecule has 110 valence electrons. The van der Waals surface area contributed by atoms with Gasteiger partial charge in [-0.2, -0.15) is 0 Å². The van der Waals surface area contributed by atoms with Crippen molar-refractivity contribution >= 4 is 5.78 Å². The molecule has 1 saturated heterocycles. The van der Waals surface area contributed by atoms with Crippen molar-refractivity contribution in [3.8, 4) is 0 Å². The third kappa shape index (κ3) is 3.28. The van der Waals surface area contributed by atoms with Crippen molar-refractivity contribution in [2.24, 2.45) is 5.41 Å². The molecule has 1 fully saturated rings. The molecule has 1 aromatic carbocycles. The first kappa shape index (κ1) is 15.2. The average molecular weight is 275 g/mol. The van der Waals surface area contributed by atoms with Gasteiger partial charge in [0.05, 0.1) is 19.3 Å². The number of carbonyl (C=O) groups is 1. The van der Waals surface area contributed by atoms with Crippen molar-refractivity contribution in [2.75, 3.05) is 26.3 Å². The fraction of sp³-hybridized carbons (Fsp3) is 0.588. The van der Waals surface area contributed by atoms with Crippen LogP contribution >= 0.6 is 0 Å². The Balaban J connectivity index is 2.31. The second-order valence-corrected chi connectivity index (χ2v) is 6.06. The molecule has 0 aliphatic carbocycles. The number of nitrogens with zero attached hydrogens (tertiary/aromatic N) is 1. The number of morpholine rings is 1. The van der Waals surface area contributed by atoms with E-state index in [1.165, 1.54) is 0 Å². The maximum absolute atomic E-state index is 13.0. The third-order valence-corrected chi connectivity index (χ3v) is 4.33. The summed E-state index contributed by atoms with van der Waals surface area (Å²) < 4.78 is 5.42. The van der Waals surface area contributed by atoms with E-state index in [-0.39, 0.29) is 11.5 Å². The highest BCUT2D eigenvalue weighted by Gasteiger charge is 2.37. The van der Waals surface area contributed by atoms with Gasteiger partial charge < -0.3 is 4.74 Å². The summed E-state index contributed by atoms with van der Waals surface area (Å²) in [5.74, 6) is 0.313. The largest absolute Gasteiger partial charge is 0.379 e. The predicted molar refractivity (Wildman–Crippen MR) is 80.7 cm³/mol. The Hall–Kier alpha value is -1.19. The molecule has 1 aromatic rings. The van der Waals surface area contributed by atoms with Gasteiger partial charge in [0, 0.05) is 18.5 Å². The van der Waals surface area contributed by atoms with E-state index in [1.54, 1.807) is 0 Å². The minimum Gasteiger partial charge on any atom is -0.379 e. The number of hydrogen-bond acceptors (Lipinski definition) is 3. The van der Waals surface area contributed by atoms with E-state index in [1.807, 2.05) is 32.0 Å². The number of ketones is 1. The fourth-order valence-corrected chi connectivity index (χ4v) is 2.54. The molecule has 3 nitrogen and oxygen atoms in total. The van der Waals surface area contributed by atoms with E-state index in [0.29, 0.717) is 19.0 Å². The lowest BCUT2D eigenvalue weighted by atomic mass is 9.79. The summed E-state index contributed by atoms with van der Waals surface area (Å²) in [7, 11) is 0. The molecule has 2 rings (SSSR count). The first-order valence-corrected chi connectivity index (χ1v) is 7.47. The number of Topliss-reactive ketones (excluding diaryl/α,β-unsaturated/α-hetero) is 1. The second kappa shape index (κ2) is 6.51. The van der Waals surface area contributed by atoms with Crippen LogP contribution in [0.4, 0.5) is 0 Å². The van der Waals surface area contributed by atoms with Crippen LogP contribution in [0.15, 0.2) is 30.3 Å². The molecule has 0 N–H and O–H groups in total. The Morgan fingerprint density at radius 3 is 2.40 bits per heavy atom. The topological polar surface area (TPSA) is 29.5 Å². The lowest BCUT2D eigenvalue weighted by Crippen LogP contribution is -2.45. The molecule has 1 atom stereocenters. The first-order valence-electron chi connectivity index (χ1n) is 7.47. The van der Waals surface area contributed by atoms with Crippen LogP contribution < -0.4 is 0 Å². The summed E-state index contributed by atoms with van der Waals surface area (Å²) >= 11 is 0. The third-order valence-electron chi connectivity index (χ3n) is 4.33. The van der Waals surface area contributed by atoms with Gasteiger partial charge in [-0.1, -0.05) is 51.1 Å². The molecule has 0 amide bonds. The Labute approximate surface area is 121 Å². The summed E-state index contributed by atoms with van der Waals surface area (Å²) in [6.45, 7) is 9.25. The van der Waals surface area contributed by atoms with Crippen molar-refractivity contribution in [2.45, 2.75) is 33.2 Å². The molecule has 1 heterocycles. The lowest BCUT2D eigenvalue weighted by molar-refractivity contribution is -0.135. The molecule has 3 heteroatoms. The molecule has 0 bridgehead atoms. The minimum absolute atomic E-state index is 0.143. The molecule has 0 saturated carbocycles. The Kier molecular flexibility index (Phi) is 4.95. The second-order valence-electron chi connectivity index (χ2n) is 6.06. The van der Waals surface area contributed by atoms with Gasteiger partial charge >= 0.3 is 0 Å². The highest BCUT2D eigenvalue weighted by atomic mass is 16.5. The molecule has 0 unspecified atom stereocenters. The standard InChI is InChI=1S/C17H25NO2/c1-4-17(2,3)16(19)15(14-8-6-5-7-9-14)18-10-12-20-13-11-18/h5-9,15H,4,10-13H2,1-3H3/t15-/m1/s1. The minimum atomic E-state index is -0.293. The zero-order valence-corrected chi connectivity index (χ0v) is 12.8. The number of carbonyl (C=O) groups excluding carboxylic acids is 1. The van der Waals surface area contributed by atoms with Crippen LogP contribution in [0.1, 0.15) is 38.8 Å². The van der Waals surface area contributed by atoms with Crippen LogP contribution in [0.2, 0.25) is 0 Å². The Morgan fingerprint density at radius 2 is 1.85 bits per heavy atom. The molecule has 1 aliphatic rings. The van der Waals surface area contributed by atoms with E-state index >= 15 is 0 Å². The Bertz CT molecular complexity index is 436. The number of ether oxygens (including phenoxy) is 1. The number of rotatable bonds is 5. The molecule has 1 aliphatic heterocycles. The van der Waals surface area contributed by atoms with Crippen molar-refractivity contribution in [3.05, 3.63) is 35.9 Å². The van der Waals surface area contributed by atoms with Gasteiger partial charge in [-0.05, 0) is 12.0 Å². The highest BCUT2D eigenvalue weighted by molar-refractivity contribution is 5.90. The van der Waals surface area contributed by atoms with Crippen LogP contribution in [0, 0.1) is 5.41 Å². The molecule has 20 heavy (non-hydrogen) atoms. The van der Waals surface area contributed by atoms with Crippen LogP contribution in [-0.4, -0.2) is 37.0 Å². The molecule has 0 spiro atoms. The van der Waals surface area contributed by atoms with Gasteiger partial charge in [-0.25, -0.2) is 0 Å². The monoisotopic (exact) mass is 275 g/mol.